The lowest BCUT2D eigenvalue weighted by Crippen LogP contribution is -2.44. The first-order chi connectivity index (χ1) is 7.11. The molecule has 1 amide bonds. The van der Waals surface area contributed by atoms with Gasteiger partial charge in [-0.1, -0.05) is 6.92 Å². The summed E-state index contributed by atoms with van der Waals surface area (Å²) in [6.45, 7) is 3.98. The van der Waals surface area contributed by atoms with Crippen molar-refractivity contribution in [2.24, 2.45) is 5.73 Å². The van der Waals surface area contributed by atoms with Gasteiger partial charge in [0, 0.05) is 18.8 Å². The monoisotopic (exact) mass is 210 g/mol. The highest BCUT2D eigenvalue weighted by Gasteiger charge is 2.23. The van der Waals surface area contributed by atoms with Gasteiger partial charge in [-0.2, -0.15) is 0 Å². The van der Waals surface area contributed by atoms with Crippen LogP contribution < -0.4 is 11.1 Å². The zero-order chi connectivity index (χ0) is 11.4. The molecule has 1 aromatic rings. The lowest BCUT2D eigenvalue weighted by molar-refractivity contribution is -0.120. The van der Waals surface area contributed by atoms with E-state index in [2.05, 4.69) is 10.3 Å². The Kier molecular flexibility index (Phi) is 3.85. The van der Waals surface area contributed by atoms with Gasteiger partial charge in [0.2, 0.25) is 5.91 Å². The number of hydrogen-bond acceptors (Lipinski definition) is 3. The van der Waals surface area contributed by atoms with Crippen molar-refractivity contribution in [2.45, 2.75) is 32.4 Å². The number of primary amides is 1. The van der Waals surface area contributed by atoms with Crippen molar-refractivity contribution in [3.8, 4) is 0 Å². The van der Waals surface area contributed by atoms with Crippen LogP contribution in [0, 0.1) is 0 Å². The van der Waals surface area contributed by atoms with Crippen LogP contribution in [0.3, 0.4) is 0 Å². The van der Waals surface area contributed by atoms with Crippen molar-refractivity contribution in [3.63, 3.8) is 0 Å². The van der Waals surface area contributed by atoms with Crippen LogP contribution in [0.5, 0.6) is 0 Å². The number of amides is 1. The van der Waals surface area contributed by atoms with Crippen molar-refractivity contribution < 1.29 is 4.79 Å². The van der Waals surface area contributed by atoms with E-state index in [9.17, 15) is 4.79 Å². The summed E-state index contributed by atoms with van der Waals surface area (Å²) in [5, 5.41) is 2.92. The number of rotatable bonds is 5. The van der Waals surface area contributed by atoms with E-state index in [1.54, 1.807) is 13.2 Å². The molecule has 5 heteroatoms. The molecule has 0 saturated carbocycles. The van der Waals surface area contributed by atoms with Crippen molar-refractivity contribution in [1.82, 2.24) is 14.9 Å². The molecule has 0 spiro atoms. The van der Waals surface area contributed by atoms with Gasteiger partial charge in [-0.25, -0.2) is 4.98 Å². The van der Waals surface area contributed by atoms with E-state index < -0.39 is 0 Å². The molecule has 0 radical (unpaired) electrons. The van der Waals surface area contributed by atoms with E-state index in [0.717, 1.165) is 12.2 Å². The highest BCUT2D eigenvalue weighted by Crippen LogP contribution is 2.13. The summed E-state index contributed by atoms with van der Waals surface area (Å²) in [7, 11) is 1.73. The molecule has 15 heavy (non-hydrogen) atoms. The smallest absolute Gasteiger partial charge is 0.236 e. The first-order valence-corrected chi connectivity index (χ1v) is 5.10. The SMILES string of the molecule is CCc1nccn1C(C)C(NC)C(N)=O. The number of aryl methyl sites for hydroxylation is 1. The molecular formula is C10H18N4O. The summed E-state index contributed by atoms with van der Waals surface area (Å²) in [4.78, 5) is 15.4. The van der Waals surface area contributed by atoms with Gasteiger partial charge in [0.25, 0.3) is 0 Å². The number of aromatic nitrogens is 2. The van der Waals surface area contributed by atoms with Crippen LogP contribution in [0.1, 0.15) is 25.7 Å². The second-order valence-electron chi connectivity index (χ2n) is 3.51. The predicted octanol–water partition coefficient (Wildman–Crippen LogP) is 0.0798. The number of carbonyl (C=O) groups excluding carboxylic acids is 1. The maximum atomic E-state index is 11.2. The van der Waals surface area contributed by atoms with Gasteiger partial charge in [-0.05, 0) is 14.0 Å². The fraction of sp³-hybridized carbons (Fsp3) is 0.600. The van der Waals surface area contributed by atoms with Crippen molar-refractivity contribution in [3.05, 3.63) is 18.2 Å². The predicted molar refractivity (Wildman–Crippen MR) is 58.4 cm³/mol. The molecule has 0 aromatic carbocycles. The van der Waals surface area contributed by atoms with Crippen LogP contribution in [0.25, 0.3) is 0 Å². The summed E-state index contributed by atoms with van der Waals surface area (Å²) in [5.74, 6) is 0.616. The number of hydrogen-bond donors (Lipinski definition) is 2. The Hall–Kier alpha value is -1.36. The summed E-state index contributed by atoms with van der Waals surface area (Å²) in [5.41, 5.74) is 5.31. The minimum atomic E-state index is -0.371. The van der Waals surface area contributed by atoms with E-state index in [1.807, 2.05) is 24.6 Å². The minimum absolute atomic E-state index is 0.0232. The molecule has 1 aromatic heterocycles. The van der Waals surface area contributed by atoms with Crippen LogP contribution in [0.15, 0.2) is 12.4 Å². The van der Waals surface area contributed by atoms with E-state index in [-0.39, 0.29) is 18.0 Å². The maximum Gasteiger partial charge on any atom is 0.236 e. The molecule has 84 valence electrons. The number of nitrogens with two attached hydrogens (primary N) is 1. The number of likely N-dealkylation sites (N-methyl/N-ethyl adjacent to an activating group) is 1. The zero-order valence-electron chi connectivity index (χ0n) is 9.40. The van der Waals surface area contributed by atoms with Crippen LogP contribution >= 0.6 is 0 Å². The lowest BCUT2D eigenvalue weighted by atomic mass is 10.1. The molecule has 1 heterocycles. The lowest BCUT2D eigenvalue weighted by Gasteiger charge is -2.23. The molecule has 5 nitrogen and oxygen atoms in total. The third kappa shape index (κ3) is 2.36. The Morgan fingerprint density at radius 3 is 2.87 bits per heavy atom. The Morgan fingerprint density at radius 2 is 2.40 bits per heavy atom. The van der Waals surface area contributed by atoms with E-state index >= 15 is 0 Å². The van der Waals surface area contributed by atoms with Crippen molar-refractivity contribution >= 4 is 5.91 Å². The molecule has 0 aliphatic heterocycles. The second-order valence-corrected chi connectivity index (χ2v) is 3.51. The molecule has 0 bridgehead atoms. The van der Waals surface area contributed by atoms with Crippen molar-refractivity contribution in [2.75, 3.05) is 7.05 Å². The van der Waals surface area contributed by atoms with Gasteiger partial charge in [-0.15, -0.1) is 0 Å². The average molecular weight is 210 g/mol. The highest BCUT2D eigenvalue weighted by atomic mass is 16.1. The Balaban J connectivity index is 2.91. The summed E-state index contributed by atoms with van der Waals surface area (Å²) in [6, 6.07) is -0.394. The molecule has 2 unspecified atom stereocenters. The number of nitrogens with one attached hydrogen (secondary N) is 1. The Bertz CT molecular complexity index is 334. The Labute approximate surface area is 89.7 Å². The number of carbonyl (C=O) groups is 1. The molecule has 2 atom stereocenters. The van der Waals surface area contributed by atoms with Crippen molar-refractivity contribution in [1.29, 1.82) is 0 Å². The molecule has 0 saturated heterocycles. The van der Waals surface area contributed by atoms with Crippen LogP contribution in [-0.2, 0) is 11.2 Å². The first-order valence-electron chi connectivity index (χ1n) is 5.10. The third-order valence-electron chi connectivity index (χ3n) is 2.60. The van der Waals surface area contributed by atoms with Gasteiger partial charge in [0.15, 0.2) is 0 Å². The average Bonchev–Trinajstić information content (AvgIpc) is 2.65. The standard InChI is InChI=1S/C10H18N4O/c1-4-8-13-5-6-14(8)7(2)9(12-3)10(11)15/h5-7,9,12H,4H2,1-3H3,(H2,11,15). The van der Waals surface area contributed by atoms with Crippen LogP contribution in [0.4, 0.5) is 0 Å². The van der Waals surface area contributed by atoms with Crippen LogP contribution in [0.2, 0.25) is 0 Å². The fourth-order valence-electron chi connectivity index (χ4n) is 1.77. The Morgan fingerprint density at radius 1 is 1.73 bits per heavy atom. The summed E-state index contributed by atoms with van der Waals surface area (Å²) in [6.07, 6.45) is 4.45. The van der Waals surface area contributed by atoms with Gasteiger partial charge < -0.3 is 15.6 Å². The second kappa shape index (κ2) is 4.93. The summed E-state index contributed by atoms with van der Waals surface area (Å²) >= 11 is 0. The fourth-order valence-corrected chi connectivity index (χ4v) is 1.77. The van der Waals surface area contributed by atoms with Gasteiger partial charge in [0.1, 0.15) is 11.9 Å². The number of nitrogens with zero attached hydrogens (tertiary/aromatic N) is 2. The topological polar surface area (TPSA) is 72.9 Å². The molecule has 3 N–H and O–H groups in total. The molecule has 0 aliphatic carbocycles. The van der Waals surface area contributed by atoms with Gasteiger partial charge in [-0.3, -0.25) is 4.79 Å². The van der Waals surface area contributed by atoms with Crippen LogP contribution in [-0.4, -0.2) is 28.5 Å². The highest BCUT2D eigenvalue weighted by molar-refractivity contribution is 5.80. The minimum Gasteiger partial charge on any atom is -0.368 e. The molecular weight excluding hydrogens is 192 g/mol. The normalized spacial score (nSPS) is 14.9. The molecule has 1 rings (SSSR count). The van der Waals surface area contributed by atoms with E-state index in [1.165, 1.54) is 0 Å². The quantitative estimate of drug-likeness (QED) is 0.723. The molecule has 0 fully saturated rings. The first kappa shape index (κ1) is 11.7. The maximum absolute atomic E-state index is 11.2. The van der Waals surface area contributed by atoms with Gasteiger partial charge >= 0.3 is 0 Å². The zero-order valence-corrected chi connectivity index (χ0v) is 9.40. The molecule has 0 aliphatic rings. The third-order valence-corrected chi connectivity index (χ3v) is 2.60. The van der Waals surface area contributed by atoms with E-state index in [0.29, 0.717) is 0 Å². The van der Waals surface area contributed by atoms with E-state index in [4.69, 9.17) is 5.73 Å². The summed E-state index contributed by atoms with van der Waals surface area (Å²) < 4.78 is 1.98. The van der Waals surface area contributed by atoms with Gasteiger partial charge in [0.05, 0.1) is 6.04 Å². The largest absolute Gasteiger partial charge is 0.368 e. The number of imidazole rings is 1.